The Labute approximate surface area is 187 Å². The van der Waals surface area contributed by atoms with Gasteiger partial charge in [-0.15, -0.1) is 0 Å². The second kappa shape index (κ2) is 7.29. The molecular formula is C25H29N3O4. The van der Waals surface area contributed by atoms with E-state index in [4.69, 9.17) is 0 Å². The maximum Gasteiger partial charge on any atom is 0.264 e. The third-order valence-corrected chi connectivity index (χ3v) is 7.75. The molecule has 168 valence electrons. The third-order valence-electron chi connectivity index (χ3n) is 7.75. The Balaban J connectivity index is 1.35. The standard InChI is InChI=1S/C25H29N3O4/c1-14(2)15(3)27-9-7-17(8-10-27)26-19-6-4-5-18-22(19)24(32)28(23(18)31)25-12-16(13-25)20(29)11-21(25)30/h4-6,14,16-17,26H,3,7-13H2,1-2H3. The Morgan fingerprint density at radius 2 is 1.78 bits per heavy atom. The van der Waals surface area contributed by atoms with Gasteiger partial charge in [0, 0.05) is 36.4 Å². The Morgan fingerprint density at radius 1 is 1.09 bits per heavy atom. The fourth-order valence-electron chi connectivity index (χ4n) is 5.68. The number of hydrogen-bond donors (Lipinski definition) is 1. The average Bonchev–Trinajstić information content (AvgIpc) is 2.99. The molecule has 2 heterocycles. The molecule has 1 aromatic carbocycles. The van der Waals surface area contributed by atoms with Crippen LogP contribution in [0.2, 0.25) is 0 Å². The molecule has 0 spiro atoms. The minimum absolute atomic E-state index is 0.0673. The van der Waals surface area contributed by atoms with Crippen molar-refractivity contribution in [2.24, 2.45) is 11.8 Å². The molecule has 0 unspecified atom stereocenters. The van der Waals surface area contributed by atoms with Crippen molar-refractivity contribution in [1.82, 2.24) is 9.80 Å². The molecule has 7 heteroatoms. The number of nitrogens with one attached hydrogen (secondary N) is 1. The topological polar surface area (TPSA) is 86.8 Å². The van der Waals surface area contributed by atoms with Gasteiger partial charge in [0.1, 0.15) is 11.3 Å². The van der Waals surface area contributed by atoms with E-state index in [2.05, 4.69) is 30.6 Å². The summed E-state index contributed by atoms with van der Waals surface area (Å²) in [5, 5.41) is 3.49. The van der Waals surface area contributed by atoms with Crippen molar-refractivity contribution >= 4 is 29.1 Å². The molecule has 6 rings (SSSR count). The summed E-state index contributed by atoms with van der Waals surface area (Å²) in [5.41, 5.74) is 1.36. The molecule has 5 aliphatic rings. The Bertz CT molecular complexity index is 1050. The second-order valence-electron chi connectivity index (χ2n) is 9.93. The molecule has 3 aliphatic carbocycles. The molecule has 2 aliphatic heterocycles. The second-order valence-corrected chi connectivity index (χ2v) is 9.93. The molecule has 7 nitrogen and oxygen atoms in total. The van der Waals surface area contributed by atoms with Crippen LogP contribution >= 0.6 is 0 Å². The highest BCUT2D eigenvalue weighted by molar-refractivity contribution is 6.27. The van der Waals surface area contributed by atoms with E-state index in [1.807, 2.05) is 6.07 Å². The van der Waals surface area contributed by atoms with E-state index in [0.717, 1.165) is 36.5 Å². The summed E-state index contributed by atoms with van der Waals surface area (Å²) in [4.78, 5) is 54.8. The number of nitrogens with zero attached hydrogens (tertiary/aromatic N) is 2. The van der Waals surface area contributed by atoms with Crippen LogP contribution < -0.4 is 5.32 Å². The van der Waals surface area contributed by atoms with Crippen LogP contribution in [-0.2, 0) is 9.59 Å². The summed E-state index contributed by atoms with van der Waals surface area (Å²) in [6.45, 7) is 10.3. The SMILES string of the molecule is C=C(C(C)C)N1CCC(Nc2cccc3c2C(=O)N(C24CC(C2)C(=O)CC4=O)C3=O)CC1. The lowest BCUT2D eigenvalue weighted by atomic mass is 9.57. The summed E-state index contributed by atoms with van der Waals surface area (Å²) < 4.78 is 0. The van der Waals surface area contributed by atoms with Gasteiger partial charge in [-0.05, 0) is 43.7 Å². The maximum absolute atomic E-state index is 13.5. The molecule has 1 N–H and O–H groups in total. The lowest BCUT2D eigenvalue weighted by molar-refractivity contribution is -0.153. The van der Waals surface area contributed by atoms with Gasteiger partial charge in [0.2, 0.25) is 0 Å². The number of anilines is 1. The summed E-state index contributed by atoms with van der Waals surface area (Å²) >= 11 is 0. The Morgan fingerprint density at radius 3 is 2.41 bits per heavy atom. The number of ketones is 2. The van der Waals surface area contributed by atoms with Crippen molar-refractivity contribution in [1.29, 1.82) is 0 Å². The van der Waals surface area contributed by atoms with Crippen molar-refractivity contribution in [3.05, 3.63) is 41.6 Å². The number of rotatable bonds is 5. The monoisotopic (exact) mass is 435 g/mol. The van der Waals surface area contributed by atoms with Gasteiger partial charge in [-0.1, -0.05) is 26.5 Å². The van der Waals surface area contributed by atoms with Gasteiger partial charge in [0.05, 0.1) is 17.5 Å². The van der Waals surface area contributed by atoms with E-state index in [1.54, 1.807) is 12.1 Å². The lowest BCUT2D eigenvalue weighted by Crippen LogP contribution is -2.68. The minimum atomic E-state index is -1.13. The van der Waals surface area contributed by atoms with Gasteiger partial charge in [-0.3, -0.25) is 24.1 Å². The average molecular weight is 436 g/mol. The molecule has 2 bridgehead atoms. The summed E-state index contributed by atoms with van der Waals surface area (Å²) in [5.74, 6) is -0.998. The minimum Gasteiger partial charge on any atom is -0.382 e. The van der Waals surface area contributed by atoms with Crippen molar-refractivity contribution < 1.29 is 19.2 Å². The van der Waals surface area contributed by atoms with E-state index in [0.29, 0.717) is 22.7 Å². The number of imide groups is 1. The fraction of sp³-hybridized carbons (Fsp3) is 0.520. The third kappa shape index (κ3) is 2.93. The zero-order valence-electron chi connectivity index (χ0n) is 18.6. The molecule has 1 saturated heterocycles. The highest BCUT2D eigenvalue weighted by Crippen LogP contribution is 2.51. The summed E-state index contributed by atoms with van der Waals surface area (Å²) in [6, 6.07) is 5.45. The first kappa shape index (κ1) is 20.9. The highest BCUT2D eigenvalue weighted by Gasteiger charge is 2.64. The molecule has 4 fully saturated rings. The molecule has 32 heavy (non-hydrogen) atoms. The quantitative estimate of drug-likeness (QED) is 0.565. The van der Waals surface area contributed by atoms with Crippen molar-refractivity contribution in [3.63, 3.8) is 0 Å². The number of carbonyl (C=O) groups is 4. The van der Waals surface area contributed by atoms with E-state index in [-0.39, 0.29) is 42.8 Å². The zero-order valence-corrected chi connectivity index (χ0v) is 18.6. The van der Waals surface area contributed by atoms with E-state index in [1.165, 1.54) is 0 Å². The predicted molar refractivity (Wildman–Crippen MR) is 119 cm³/mol. The van der Waals surface area contributed by atoms with Crippen molar-refractivity contribution in [2.75, 3.05) is 18.4 Å². The smallest absolute Gasteiger partial charge is 0.264 e. The molecule has 0 radical (unpaired) electrons. The molecule has 0 atom stereocenters. The van der Waals surface area contributed by atoms with Crippen LogP contribution in [0.15, 0.2) is 30.5 Å². The van der Waals surface area contributed by atoms with Crippen LogP contribution in [0.4, 0.5) is 5.69 Å². The number of Topliss-reactive ketones (excluding diaryl/α,β-unsaturated/α-hetero) is 2. The van der Waals surface area contributed by atoms with Gasteiger partial charge in [0.25, 0.3) is 11.8 Å². The number of allylic oxidation sites excluding steroid dienone is 1. The number of amides is 2. The normalized spacial score (nSPS) is 27.7. The summed E-state index contributed by atoms with van der Waals surface area (Å²) in [7, 11) is 0. The van der Waals surface area contributed by atoms with Crippen LogP contribution in [-0.4, -0.2) is 57.9 Å². The Kier molecular flexibility index (Phi) is 4.76. The van der Waals surface area contributed by atoms with E-state index < -0.39 is 17.4 Å². The number of hydrogen-bond acceptors (Lipinski definition) is 6. The van der Waals surface area contributed by atoms with Crippen LogP contribution in [0, 0.1) is 11.8 Å². The van der Waals surface area contributed by atoms with Gasteiger partial charge >= 0.3 is 0 Å². The fourth-order valence-corrected chi connectivity index (χ4v) is 5.68. The van der Waals surface area contributed by atoms with Crippen LogP contribution in [0.5, 0.6) is 0 Å². The van der Waals surface area contributed by atoms with Crippen molar-refractivity contribution in [2.45, 2.75) is 57.5 Å². The molecule has 2 amide bonds. The predicted octanol–water partition coefficient (Wildman–Crippen LogP) is 3.02. The van der Waals surface area contributed by atoms with Crippen molar-refractivity contribution in [3.8, 4) is 0 Å². The van der Waals surface area contributed by atoms with Crippen LogP contribution in [0.3, 0.4) is 0 Å². The molecular weight excluding hydrogens is 406 g/mol. The number of fused-ring (bicyclic) bond motifs is 3. The maximum atomic E-state index is 13.5. The first-order valence-corrected chi connectivity index (χ1v) is 11.5. The van der Waals surface area contributed by atoms with Crippen LogP contribution in [0.25, 0.3) is 0 Å². The number of piperidine rings is 1. The van der Waals surface area contributed by atoms with Gasteiger partial charge < -0.3 is 10.2 Å². The first-order chi connectivity index (χ1) is 15.2. The molecule has 3 saturated carbocycles. The number of carbonyl (C=O) groups excluding carboxylic acids is 4. The van der Waals surface area contributed by atoms with E-state index >= 15 is 0 Å². The molecule has 0 aromatic heterocycles. The van der Waals surface area contributed by atoms with Gasteiger partial charge in [-0.25, -0.2) is 0 Å². The van der Waals surface area contributed by atoms with Gasteiger partial charge in [-0.2, -0.15) is 0 Å². The lowest BCUT2D eigenvalue weighted by Gasteiger charge is -2.53. The van der Waals surface area contributed by atoms with E-state index in [9.17, 15) is 19.2 Å². The molecule has 1 aromatic rings. The Hall–Kier alpha value is -2.96. The number of benzene rings is 1. The highest BCUT2D eigenvalue weighted by atomic mass is 16.2. The van der Waals surface area contributed by atoms with Crippen LogP contribution in [0.1, 0.15) is 66.7 Å². The number of likely N-dealkylation sites (tertiary alicyclic amines) is 1. The van der Waals surface area contributed by atoms with Gasteiger partial charge in [0.15, 0.2) is 5.78 Å². The largest absolute Gasteiger partial charge is 0.382 e. The first-order valence-electron chi connectivity index (χ1n) is 11.5. The summed E-state index contributed by atoms with van der Waals surface area (Å²) in [6.07, 6.45) is 2.19. The zero-order chi connectivity index (χ0) is 22.8.